The van der Waals surface area contributed by atoms with Gasteiger partial charge >= 0.3 is 0 Å². The van der Waals surface area contributed by atoms with Gasteiger partial charge in [-0.1, -0.05) is 11.3 Å². The molecule has 7 nitrogen and oxygen atoms in total. The molecule has 4 rings (SSSR count). The molecule has 0 spiro atoms. The van der Waals surface area contributed by atoms with Crippen molar-refractivity contribution < 1.29 is 23.4 Å². The van der Waals surface area contributed by atoms with Crippen molar-refractivity contribution in [2.24, 2.45) is 0 Å². The number of anilines is 1. The van der Waals surface area contributed by atoms with Crippen molar-refractivity contribution >= 4 is 44.4 Å². The predicted octanol–water partition coefficient (Wildman–Crippen LogP) is 5.63. The van der Waals surface area contributed by atoms with E-state index in [1.807, 2.05) is 48.5 Å². The molecule has 0 aliphatic rings. The van der Waals surface area contributed by atoms with E-state index in [-0.39, 0.29) is 5.91 Å². The Morgan fingerprint density at radius 3 is 2.45 bits per heavy atom. The molecule has 2 aromatic carbocycles. The molecule has 2 heterocycles. The smallest absolute Gasteiger partial charge is 0.230 e. The van der Waals surface area contributed by atoms with Crippen molar-refractivity contribution in [3.63, 3.8) is 0 Å². The summed E-state index contributed by atoms with van der Waals surface area (Å²) >= 11 is 3.02. The minimum absolute atomic E-state index is 0.0376. The lowest BCUT2D eigenvalue weighted by Gasteiger charge is -2.18. The SMILES string of the molecule is COc1ccc(SCCC(=O)N(Cc2ccco2)c2nc3c(OC)ccc(OC)c3s2)cc1. The molecule has 0 bridgehead atoms. The van der Waals surface area contributed by atoms with Crippen molar-refractivity contribution in [2.45, 2.75) is 17.9 Å². The zero-order valence-electron chi connectivity index (χ0n) is 18.6. The zero-order valence-corrected chi connectivity index (χ0v) is 20.2. The summed E-state index contributed by atoms with van der Waals surface area (Å²) < 4.78 is 22.5. The highest BCUT2D eigenvalue weighted by Gasteiger charge is 2.23. The molecule has 0 aliphatic heterocycles. The Labute approximate surface area is 200 Å². The number of ether oxygens (including phenoxy) is 3. The summed E-state index contributed by atoms with van der Waals surface area (Å²) in [4.78, 5) is 20.8. The summed E-state index contributed by atoms with van der Waals surface area (Å²) in [5.41, 5.74) is 0.668. The fourth-order valence-corrected chi connectivity index (χ4v) is 5.21. The molecule has 0 fully saturated rings. The van der Waals surface area contributed by atoms with E-state index < -0.39 is 0 Å². The maximum absolute atomic E-state index is 13.3. The molecule has 4 aromatic rings. The number of aromatic nitrogens is 1. The fourth-order valence-electron chi connectivity index (χ4n) is 3.27. The standard InChI is InChI=1S/C24H24N2O5S2/c1-28-16-6-8-18(9-7-16)32-14-12-21(27)26(15-17-5-4-13-31-17)24-25-22-19(29-2)10-11-20(30-3)23(22)33-24/h4-11,13H,12,14-15H2,1-3H3. The van der Waals surface area contributed by atoms with Gasteiger partial charge in [0.2, 0.25) is 5.91 Å². The molecular formula is C24H24N2O5S2. The first-order chi connectivity index (χ1) is 16.1. The van der Waals surface area contributed by atoms with E-state index in [4.69, 9.17) is 23.6 Å². The highest BCUT2D eigenvalue weighted by atomic mass is 32.2. The Balaban J connectivity index is 1.56. The van der Waals surface area contributed by atoms with Crippen LogP contribution in [0, 0.1) is 0 Å². The van der Waals surface area contributed by atoms with E-state index in [9.17, 15) is 4.79 Å². The monoisotopic (exact) mass is 484 g/mol. The second-order valence-electron chi connectivity index (χ2n) is 6.98. The van der Waals surface area contributed by atoms with Crippen LogP contribution >= 0.6 is 23.1 Å². The first-order valence-corrected chi connectivity index (χ1v) is 12.0. The van der Waals surface area contributed by atoms with Gasteiger partial charge in [-0.25, -0.2) is 4.98 Å². The Morgan fingerprint density at radius 1 is 1.03 bits per heavy atom. The topological polar surface area (TPSA) is 74.0 Å². The quantitative estimate of drug-likeness (QED) is 0.270. The molecule has 0 radical (unpaired) electrons. The molecule has 0 saturated carbocycles. The number of benzene rings is 2. The average molecular weight is 485 g/mol. The number of fused-ring (bicyclic) bond motifs is 1. The largest absolute Gasteiger partial charge is 0.497 e. The first kappa shape index (κ1) is 23.0. The summed E-state index contributed by atoms with van der Waals surface area (Å²) in [6.45, 7) is 0.295. The van der Waals surface area contributed by atoms with Crippen LogP contribution in [0.2, 0.25) is 0 Å². The third-order valence-corrected chi connectivity index (χ3v) is 7.08. The second-order valence-corrected chi connectivity index (χ2v) is 9.12. The maximum Gasteiger partial charge on any atom is 0.230 e. The van der Waals surface area contributed by atoms with Gasteiger partial charge in [0.1, 0.15) is 33.2 Å². The van der Waals surface area contributed by atoms with Crippen molar-refractivity contribution in [2.75, 3.05) is 32.0 Å². The van der Waals surface area contributed by atoms with Crippen LogP contribution in [0.1, 0.15) is 12.2 Å². The van der Waals surface area contributed by atoms with Gasteiger partial charge < -0.3 is 18.6 Å². The number of thioether (sulfide) groups is 1. The van der Waals surface area contributed by atoms with E-state index >= 15 is 0 Å². The number of furan rings is 1. The zero-order chi connectivity index (χ0) is 23.2. The van der Waals surface area contributed by atoms with Crippen LogP contribution in [0.5, 0.6) is 17.2 Å². The number of methoxy groups -OCH3 is 3. The van der Waals surface area contributed by atoms with Crippen LogP contribution in [-0.4, -0.2) is 38.0 Å². The third kappa shape index (κ3) is 5.26. The van der Waals surface area contributed by atoms with Crippen molar-refractivity contribution in [3.8, 4) is 17.2 Å². The second kappa shape index (κ2) is 10.6. The highest BCUT2D eigenvalue weighted by molar-refractivity contribution is 7.99. The lowest BCUT2D eigenvalue weighted by atomic mass is 10.3. The van der Waals surface area contributed by atoms with E-state index in [2.05, 4.69) is 0 Å². The van der Waals surface area contributed by atoms with Crippen LogP contribution in [0.4, 0.5) is 5.13 Å². The number of nitrogens with zero attached hydrogens (tertiary/aromatic N) is 2. The van der Waals surface area contributed by atoms with Gasteiger partial charge in [0.25, 0.3) is 0 Å². The molecule has 0 saturated heterocycles. The van der Waals surface area contributed by atoms with Crippen LogP contribution in [0.3, 0.4) is 0 Å². The van der Waals surface area contributed by atoms with E-state index in [1.54, 1.807) is 44.3 Å². The van der Waals surface area contributed by atoms with E-state index in [0.29, 0.717) is 46.6 Å². The Kier molecular flexibility index (Phi) is 7.41. The molecule has 0 unspecified atom stereocenters. The molecule has 0 aliphatic carbocycles. The lowest BCUT2D eigenvalue weighted by molar-refractivity contribution is -0.118. The van der Waals surface area contributed by atoms with Crippen LogP contribution in [0.15, 0.2) is 64.1 Å². The molecular weight excluding hydrogens is 460 g/mol. The van der Waals surface area contributed by atoms with Crippen molar-refractivity contribution in [1.82, 2.24) is 4.98 Å². The normalized spacial score (nSPS) is 10.9. The molecule has 172 valence electrons. The van der Waals surface area contributed by atoms with Gasteiger partial charge in [0.15, 0.2) is 5.13 Å². The number of carbonyl (C=O) groups excluding carboxylic acids is 1. The minimum atomic E-state index is -0.0376. The molecule has 1 amide bonds. The Bertz CT molecular complexity index is 1160. The van der Waals surface area contributed by atoms with Gasteiger partial charge in [0, 0.05) is 17.1 Å². The maximum atomic E-state index is 13.3. The third-order valence-electron chi connectivity index (χ3n) is 4.97. The Hall–Kier alpha value is -3.17. The molecule has 33 heavy (non-hydrogen) atoms. The van der Waals surface area contributed by atoms with Gasteiger partial charge in [-0.3, -0.25) is 9.69 Å². The average Bonchev–Trinajstić information content (AvgIpc) is 3.52. The van der Waals surface area contributed by atoms with Crippen LogP contribution in [-0.2, 0) is 11.3 Å². The highest BCUT2D eigenvalue weighted by Crippen LogP contribution is 2.40. The van der Waals surface area contributed by atoms with Crippen LogP contribution < -0.4 is 19.1 Å². The molecule has 2 aromatic heterocycles. The molecule has 0 N–H and O–H groups in total. The van der Waals surface area contributed by atoms with Crippen molar-refractivity contribution in [3.05, 3.63) is 60.6 Å². The summed E-state index contributed by atoms with van der Waals surface area (Å²) in [6, 6.07) is 15.1. The number of rotatable bonds is 10. The summed E-state index contributed by atoms with van der Waals surface area (Å²) in [5, 5.41) is 0.573. The summed E-state index contributed by atoms with van der Waals surface area (Å²) in [6.07, 6.45) is 1.95. The van der Waals surface area contributed by atoms with Crippen LogP contribution in [0.25, 0.3) is 10.2 Å². The van der Waals surface area contributed by atoms with Gasteiger partial charge in [-0.2, -0.15) is 0 Å². The Morgan fingerprint density at radius 2 is 1.79 bits per heavy atom. The van der Waals surface area contributed by atoms with Crippen molar-refractivity contribution in [1.29, 1.82) is 0 Å². The minimum Gasteiger partial charge on any atom is -0.497 e. The first-order valence-electron chi connectivity index (χ1n) is 10.2. The summed E-state index contributed by atoms with van der Waals surface area (Å²) in [5.74, 6) is 3.41. The number of hydrogen-bond donors (Lipinski definition) is 0. The number of thiazole rings is 1. The van der Waals surface area contributed by atoms with Gasteiger partial charge in [0.05, 0.1) is 34.1 Å². The number of carbonyl (C=O) groups is 1. The lowest BCUT2D eigenvalue weighted by Crippen LogP contribution is -2.30. The molecule has 9 heteroatoms. The van der Waals surface area contributed by atoms with E-state index in [0.717, 1.165) is 15.3 Å². The summed E-state index contributed by atoms with van der Waals surface area (Å²) in [7, 11) is 4.85. The fraction of sp³-hybridized carbons (Fsp3) is 0.250. The van der Waals surface area contributed by atoms with E-state index in [1.165, 1.54) is 11.3 Å². The van der Waals surface area contributed by atoms with Gasteiger partial charge in [-0.15, -0.1) is 11.8 Å². The number of hydrogen-bond acceptors (Lipinski definition) is 8. The number of amides is 1. The molecule has 0 atom stereocenters. The predicted molar refractivity (Wildman–Crippen MR) is 131 cm³/mol. The van der Waals surface area contributed by atoms with Gasteiger partial charge in [-0.05, 0) is 48.5 Å².